The van der Waals surface area contributed by atoms with Crippen molar-refractivity contribution in [2.75, 3.05) is 23.9 Å². The van der Waals surface area contributed by atoms with Crippen LogP contribution in [0.3, 0.4) is 0 Å². The lowest BCUT2D eigenvalue weighted by Gasteiger charge is -2.18. The Bertz CT molecular complexity index is 1380. The fourth-order valence-electron chi connectivity index (χ4n) is 4.43. The maximum Gasteiger partial charge on any atom is 0.173 e. The topological polar surface area (TPSA) is 14.2 Å². The van der Waals surface area contributed by atoms with Gasteiger partial charge in [-0.05, 0) is 54.6 Å². The summed E-state index contributed by atoms with van der Waals surface area (Å²) in [5.41, 5.74) is 6.98. The fourth-order valence-corrected chi connectivity index (χ4v) is 4.68. The Hall–Kier alpha value is -2.90. The SMILES string of the molecule is CN(c1ccc(Cl)cc1)c1cc[n+](Cc2cccc(C[n+]3ccc(N(C)c4ccc(Cl)cc4)cc3)c2)cc1.[Br-].[Br-]. The first-order chi connectivity index (χ1) is 18.4. The van der Waals surface area contributed by atoms with Crippen LogP contribution in [0.5, 0.6) is 0 Å². The quantitative estimate of drug-likeness (QED) is 0.226. The van der Waals surface area contributed by atoms with Crippen LogP contribution in [-0.2, 0) is 13.1 Å². The second kappa shape index (κ2) is 14.6. The summed E-state index contributed by atoms with van der Waals surface area (Å²) in [6.45, 7) is 1.63. The lowest BCUT2D eigenvalue weighted by Crippen LogP contribution is -3.00. The molecule has 0 saturated heterocycles. The number of pyridine rings is 2. The maximum atomic E-state index is 6.03. The summed E-state index contributed by atoms with van der Waals surface area (Å²) in [7, 11) is 4.12. The average Bonchev–Trinajstić information content (AvgIpc) is 2.94. The normalized spacial score (nSPS) is 10.3. The molecule has 8 heteroatoms. The van der Waals surface area contributed by atoms with Crippen molar-refractivity contribution in [3.05, 3.63) is 143 Å². The van der Waals surface area contributed by atoms with E-state index in [2.05, 4.69) is 106 Å². The summed E-state index contributed by atoms with van der Waals surface area (Å²) in [5.74, 6) is 0. The minimum absolute atomic E-state index is 0. The molecular formula is C32H30Br2Cl2N4. The molecule has 3 aromatic carbocycles. The molecule has 0 amide bonds. The highest BCUT2D eigenvalue weighted by atomic mass is 79.9. The van der Waals surface area contributed by atoms with Crippen LogP contribution in [0.2, 0.25) is 10.0 Å². The summed E-state index contributed by atoms with van der Waals surface area (Å²) in [6.07, 6.45) is 8.50. The molecule has 2 heterocycles. The molecule has 40 heavy (non-hydrogen) atoms. The van der Waals surface area contributed by atoms with Crippen LogP contribution in [0.25, 0.3) is 0 Å². The Kier molecular flexibility index (Phi) is 11.6. The highest BCUT2D eigenvalue weighted by Gasteiger charge is 2.11. The van der Waals surface area contributed by atoms with Gasteiger partial charge in [0.2, 0.25) is 0 Å². The zero-order valence-electron chi connectivity index (χ0n) is 22.3. The summed E-state index contributed by atoms with van der Waals surface area (Å²) >= 11 is 12.1. The van der Waals surface area contributed by atoms with E-state index in [0.717, 1.165) is 45.9 Å². The predicted molar refractivity (Wildman–Crippen MR) is 157 cm³/mol. The maximum absolute atomic E-state index is 6.03. The predicted octanol–water partition coefficient (Wildman–Crippen LogP) is 1.21. The molecule has 0 spiro atoms. The molecule has 0 saturated carbocycles. The minimum atomic E-state index is 0. The van der Waals surface area contributed by atoms with Crippen LogP contribution in [0.1, 0.15) is 11.1 Å². The molecule has 0 aliphatic rings. The van der Waals surface area contributed by atoms with Crippen molar-refractivity contribution in [3.63, 3.8) is 0 Å². The van der Waals surface area contributed by atoms with Crippen LogP contribution in [0.15, 0.2) is 122 Å². The number of benzene rings is 3. The summed E-state index contributed by atoms with van der Waals surface area (Å²) in [6, 6.07) is 33.1. The molecule has 4 nitrogen and oxygen atoms in total. The number of hydrogen-bond acceptors (Lipinski definition) is 2. The Morgan fingerprint density at radius 2 is 0.825 bits per heavy atom. The van der Waals surface area contributed by atoms with E-state index in [1.54, 1.807) is 0 Å². The van der Waals surface area contributed by atoms with Crippen molar-refractivity contribution in [2.45, 2.75) is 13.1 Å². The van der Waals surface area contributed by atoms with Crippen LogP contribution < -0.4 is 52.9 Å². The van der Waals surface area contributed by atoms with Crippen molar-refractivity contribution < 1.29 is 43.1 Å². The van der Waals surface area contributed by atoms with Crippen molar-refractivity contribution in [1.82, 2.24) is 0 Å². The third kappa shape index (κ3) is 8.07. The van der Waals surface area contributed by atoms with E-state index in [1.807, 2.05) is 48.5 Å². The number of halogens is 4. The first-order valence-corrected chi connectivity index (χ1v) is 13.2. The molecule has 5 rings (SSSR count). The minimum Gasteiger partial charge on any atom is -1.00 e. The molecule has 0 N–H and O–H groups in total. The first-order valence-electron chi connectivity index (χ1n) is 12.5. The highest BCUT2D eigenvalue weighted by molar-refractivity contribution is 6.30. The van der Waals surface area contributed by atoms with Gasteiger partial charge >= 0.3 is 0 Å². The van der Waals surface area contributed by atoms with Crippen molar-refractivity contribution in [2.24, 2.45) is 0 Å². The van der Waals surface area contributed by atoms with E-state index in [9.17, 15) is 0 Å². The van der Waals surface area contributed by atoms with Crippen molar-refractivity contribution >= 4 is 46.0 Å². The van der Waals surface area contributed by atoms with Crippen molar-refractivity contribution in [1.29, 1.82) is 0 Å². The van der Waals surface area contributed by atoms with Gasteiger partial charge in [-0.2, -0.15) is 0 Å². The molecule has 0 atom stereocenters. The van der Waals surface area contributed by atoms with Gasteiger partial charge in [-0.3, -0.25) is 0 Å². The smallest absolute Gasteiger partial charge is 0.173 e. The van der Waals surface area contributed by atoms with E-state index in [0.29, 0.717) is 0 Å². The standard InChI is InChI=1S/C32H30Cl2N4.2BrH/c1-35(29-10-6-27(33)7-11-29)31-14-18-37(19-15-31)23-25-4-3-5-26(22-25)24-38-20-16-32(17-21-38)36(2)30-12-8-28(34)9-13-30;;/h3-22H,23-24H2,1-2H3;2*1H/q+2;;/p-2. The van der Waals surface area contributed by atoms with Gasteiger partial charge in [-0.25, -0.2) is 9.13 Å². The molecule has 0 fully saturated rings. The lowest BCUT2D eigenvalue weighted by molar-refractivity contribution is -0.689. The largest absolute Gasteiger partial charge is 1.00 e. The third-order valence-corrected chi connectivity index (χ3v) is 7.18. The van der Waals surface area contributed by atoms with Gasteiger partial charge in [0.1, 0.15) is 0 Å². The number of hydrogen-bond donors (Lipinski definition) is 0. The van der Waals surface area contributed by atoms with Crippen LogP contribution in [0, 0.1) is 0 Å². The Labute approximate surface area is 267 Å². The van der Waals surface area contributed by atoms with Gasteiger partial charge in [-0.1, -0.05) is 41.4 Å². The number of nitrogens with zero attached hydrogens (tertiary/aromatic N) is 4. The molecule has 206 valence electrons. The number of aromatic nitrogens is 2. The monoisotopic (exact) mass is 698 g/mol. The van der Waals surface area contributed by atoms with Gasteiger partial charge in [0.15, 0.2) is 37.9 Å². The summed E-state index contributed by atoms with van der Waals surface area (Å²) in [4.78, 5) is 4.30. The van der Waals surface area contributed by atoms with Gasteiger partial charge in [0, 0.05) is 70.9 Å². The van der Waals surface area contributed by atoms with Gasteiger partial charge in [-0.15, -0.1) is 0 Å². The zero-order valence-corrected chi connectivity index (χ0v) is 26.9. The lowest BCUT2D eigenvalue weighted by atomic mass is 10.1. The Balaban J connectivity index is 0.00000220. The molecule has 5 aromatic rings. The summed E-state index contributed by atoms with van der Waals surface area (Å²) in [5, 5.41) is 1.49. The molecule has 0 aliphatic heterocycles. The molecule has 0 unspecified atom stereocenters. The third-order valence-electron chi connectivity index (χ3n) is 6.67. The number of anilines is 4. The molecule has 0 radical (unpaired) electrons. The van der Waals surface area contributed by atoms with E-state index in [-0.39, 0.29) is 34.0 Å². The van der Waals surface area contributed by atoms with Gasteiger partial charge < -0.3 is 43.8 Å². The van der Waals surface area contributed by atoms with Gasteiger partial charge in [0.05, 0.1) is 11.4 Å². The van der Waals surface area contributed by atoms with Crippen LogP contribution in [0.4, 0.5) is 22.7 Å². The second-order valence-corrected chi connectivity index (χ2v) is 10.2. The Morgan fingerprint density at radius 1 is 0.500 bits per heavy atom. The Morgan fingerprint density at radius 3 is 1.18 bits per heavy atom. The molecule has 2 aromatic heterocycles. The molecular weight excluding hydrogens is 671 g/mol. The highest BCUT2D eigenvalue weighted by Crippen LogP contribution is 2.25. The van der Waals surface area contributed by atoms with E-state index < -0.39 is 0 Å². The van der Waals surface area contributed by atoms with Crippen LogP contribution in [-0.4, -0.2) is 14.1 Å². The summed E-state index contributed by atoms with van der Waals surface area (Å²) < 4.78 is 4.40. The van der Waals surface area contributed by atoms with Crippen LogP contribution >= 0.6 is 23.2 Å². The second-order valence-electron chi connectivity index (χ2n) is 9.35. The first kappa shape index (κ1) is 31.6. The average molecular weight is 701 g/mol. The number of rotatable bonds is 8. The zero-order chi connectivity index (χ0) is 26.5. The fraction of sp³-hybridized carbons (Fsp3) is 0.125. The van der Waals surface area contributed by atoms with Crippen molar-refractivity contribution in [3.8, 4) is 0 Å². The van der Waals surface area contributed by atoms with E-state index in [4.69, 9.17) is 23.2 Å². The molecule has 0 aliphatic carbocycles. The van der Waals surface area contributed by atoms with Gasteiger partial charge in [0.25, 0.3) is 0 Å². The van der Waals surface area contributed by atoms with E-state index >= 15 is 0 Å². The molecule has 0 bridgehead atoms. The van der Waals surface area contributed by atoms with E-state index in [1.165, 1.54) is 11.1 Å².